The fourth-order valence-corrected chi connectivity index (χ4v) is 2.85. The van der Waals surface area contributed by atoms with Crippen LogP contribution in [0.1, 0.15) is 11.8 Å². The molecule has 142 valence electrons. The van der Waals surface area contributed by atoms with Gasteiger partial charge in [0.25, 0.3) is 5.91 Å². The lowest BCUT2D eigenvalue weighted by atomic mass is 10.1. The molecule has 1 atom stereocenters. The Bertz CT molecular complexity index is 658. The second-order valence-corrected chi connectivity index (χ2v) is 6.16. The van der Waals surface area contributed by atoms with Crippen molar-refractivity contribution in [3.05, 3.63) is 53.4 Å². The Labute approximate surface area is 163 Å². The van der Waals surface area contributed by atoms with E-state index in [0.29, 0.717) is 30.5 Å². The van der Waals surface area contributed by atoms with E-state index in [1.54, 1.807) is 30.5 Å². The Kier molecular flexibility index (Phi) is 8.25. The molecule has 1 aromatic carbocycles. The molecule has 3 rings (SSSR count). The largest absolute Gasteiger partial charge is 0.484 e. The Balaban J connectivity index is 0.00000243. The Hall–Kier alpha value is -1.73. The highest BCUT2D eigenvalue weighted by molar-refractivity contribution is 6.30. The number of carbonyl (C=O) groups excluding carboxylic acids is 1. The van der Waals surface area contributed by atoms with Crippen LogP contribution in [0.4, 0.5) is 0 Å². The SMILES string of the molecule is Cl.O=C(COc1ccc(Cl)cc1)NCC(c1ccco1)N1CCOCC1. The monoisotopic (exact) mass is 400 g/mol. The summed E-state index contributed by atoms with van der Waals surface area (Å²) in [6, 6.07) is 10.7. The van der Waals surface area contributed by atoms with E-state index in [4.69, 9.17) is 25.5 Å². The summed E-state index contributed by atoms with van der Waals surface area (Å²) >= 11 is 5.82. The van der Waals surface area contributed by atoms with E-state index in [2.05, 4.69) is 10.2 Å². The Morgan fingerprint density at radius 1 is 1.23 bits per heavy atom. The lowest BCUT2D eigenvalue weighted by Crippen LogP contribution is -2.44. The van der Waals surface area contributed by atoms with Gasteiger partial charge >= 0.3 is 0 Å². The van der Waals surface area contributed by atoms with E-state index in [1.165, 1.54) is 0 Å². The number of hydrogen-bond acceptors (Lipinski definition) is 5. The van der Waals surface area contributed by atoms with Crippen LogP contribution < -0.4 is 10.1 Å². The topological polar surface area (TPSA) is 63.9 Å². The van der Waals surface area contributed by atoms with Gasteiger partial charge in [0, 0.05) is 24.7 Å². The number of nitrogens with zero attached hydrogens (tertiary/aromatic N) is 1. The smallest absolute Gasteiger partial charge is 0.258 e. The van der Waals surface area contributed by atoms with E-state index in [-0.39, 0.29) is 31.0 Å². The van der Waals surface area contributed by atoms with Crippen LogP contribution in [-0.4, -0.2) is 50.3 Å². The first kappa shape index (κ1) is 20.6. The average Bonchev–Trinajstić information content (AvgIpc) is 3.17. The van der Waals surface area contributed by atoms with Gasteiger partial charge in [-0.3, -0.25) is 9.69 Å². The summed E-state index contributed by atoms with van der Waals surface area (Å²) in [6.45, 7) is 3.40. The molecule has 1 aliphatic rings. The van der Waals surface area contributed by atoms with Gasteiger partial charge in [0.05, 0.1) is 25.5 Å². The molecule has 1 aliphatic heterocycles. The van der Waals surface area contributed by atoms with E-state index in [9.17, 15) is 4.79 Å². The first-order chi connectivity index (χ1) is 12.2. The molecule has 26 heavy (non-hydrogen) atoms. The van der Waals surface area contributed by atoms with Crippen molar-refractivity contribution >= 4 is 29.9 Å². The Morgan fingerprint density at radius 3 is 2.62 bits per heavy atom. The molecule has 2 heterocycles. The molecule has 0 radical (unpaired) electrons. The summed E-state index contributed by atoms with van der Waals surface area (Å²) < 4.78 is 16.4. The van der Waals surface area contributed by atoms with Crippen molar-refractivity contribution in [3.63, 3.8) is 0 Å². The van der Waals surface area contributed by atoms with E-state index < -0.39 is 0 Å². The number of rotatable bonds is 7. The van der Waals surface area contributed by atoms with Crippen molar-refractivity contribution in [1.82, 2.24) is 10.2 Å². The molecular formula is C18H22Cl2N2O4. The minimum atomic E-state index is -0.181. The molecule has 1 unspecified atom stereocenters. The number of ether oxygens (including phenoxy) is 2. The lowest BCUT2D eigenvalue weighted by molar-refractivity contribution is -0.123. The molecule has 0 saturated carbocycles. The summed E-state index contributed by atoms with van der Waals surface area (Å²) in [5, 5.41) is 3.55. The zero-order valence-electron chi connectivity index (χ0n) is 14.2. The Morgan fingerprint density at radius 2 is 1.96 bits per heavy atom. The van der Waals surface area contributed by atoms with Crippen molar-refractivity contribution in [1.29, 1.82) is 0 Å². The van der Waals surface area contributed by atoms with Gasteiger partial charge in [-0.15, -0.1) is 12.4 Å². The molecule has 1 aromatic heterocycles. The highest BCUT2D eigenvalue weighted by atomic mass is 35.5. The van der Waals surface area contributed by atoms with Gasteiger partial charge in [-0.1, -0.05) is 11.6 Å². The van der Waals surface area contributed by atoms with Crippen LogP contribution in [0.5, 0.6) is 5.75 Å². The first-order valence-electron chi connectivity index (χ1n) is 8.22. The molecule has 0 aliphatic carbocycles. The van der Waals surface area contributed by atoms with Gasteiger partial charge < -0.3 is 19.2 Å². The highest BCUT2D eigenvalue weighted by Crippen LogP contribution is 2.21. The number of morpholine rings is 1. The number of carbonyl (C=O) groups is 1. The van der Waals surface area contributed by atoms with Crippen LogP contribution in [0, 0.1) is 0 Å². The molecule has 1 saturated heterocycles. The standard InChI is InChI=1S/C18H21ClN2O4.ClH/c19-14-3-5-15(6-4-14)25-13-18(22)20-12-16(17-2-1-9-24-17)21-7-10-23-11-8-21;/h1-6,9,16H,7-8,10-13H2,(H,20,22);1H. The summed E-state index contributed by atoms with van der Waals surface area (Å²) in [5.41, 5.74) is 0. The van der Waals surface area contributed by atoms with Gasteiger partial charge in [0.1, 0.15) is 11.5 Å². The summed E-state index contributed by atoms with van der Waals surface area (Å²) in [4.78, 5) is 14.4. The number of amides is 1. The van der Waals surface area contributed by atoms with Gasteiger partial charge in [-0.25, -0.2) is 0 Å². The first-order valence-corrected chi connectivity index (χ1v) is 8.60. The quantitative estimate of drug-likeness (QED) is 0.773. The van der Waals surface area contributed by atoms with Crippen LogP contribution in [-0.2, 0) is 9.53 Å². The fraction of sp³-hybridized carbons (Fsp3) is 0.389. The third-order valence-corrected chi connectivity index (χ3v) is 4.29. The molecule has 1 N–H and O–H groups in total. The summed E-state index contributed by atoms with van der Waals surface area (Å²) in [7, 11) is 0. The van der Waals surface area contributed by atoms with Crippen LogP contribution in [0.2, 0.25) is 5.02 Å². The van der Waals surface area contributed by atoms with Crippen LogP contribution in [0.15, 0.2) is 47.1 Å². The zero-order valence-corrected chi connectivity index (χ0v) is 15.8. The van der Waals surface area contributed by atoms with Gasteiger partial charge in [0.2, 0.25) is 0 Å². The van der Waals surface area contributed by atoms with Crippen molar-refractivity contribution in [2.45, 2.75) is 6.04 Å². The lowest BCUT2D eigenvalue weighted by Gasteiger charge is -2.33. The molecular weight excluding hydrogens is 379 g/mol. The van der Waals surface area contributed by atoms with Gasteiger partial charge in [-0.2, -0.15) is 0 Å². The maximum atomic E-state index is 12.1. The third-order valence-electron chi connectivity index (χ3n) is 4.03. The van der Waals surface area contributed by atoms with Crippen molar-refractivity contribution in [2.24, 2.45) is 0 Å². The fourth-order valence-electron chi connectivity index (χ4n) is 2.72. The molecule has 0 bridgehead atoms. The highest BCUT2D eigenvalue weighted by Gasteiger charge is 2.25. The van der Waals surface area contributed by atoms with Crippen LogP contribution in [0.25, 0.3) is 0 Å². The number of benzene rings is 1. The molecule has 8 heteroatoms. The molecule has 0 spiro atoms. The van der Waals surface area contributed by atoms with Gasteiger partial charge in [-0.05, 0) is 36.4 Å². The minimum Gasteiger partial charge on any atom is -0.484 e. The minimum absolute atomic E-state index is 0. The molecule has 1 fully saturated rings. The van der Waals surface area contributed by atoms with Crippen molar-refractivity contribution in [3.8, 4) is 5.75 Å². The maximum absolute atomic E-state index is 12.1. The predicted molar refractivity (Wildman–Crippen MR) is 101 cm³/mol. The maximum Gasteiger partial charge on any atom is 0.258 e. The number of hydrogen-bond donors (Lipinski definition) is 1. The molecule has 1 amide bonds. The van der Waals surface area contributed by atoms with E-state index in [1.807, 2.05) is 12.1 Å². The molecule has 6 nitrogen and oxygen atoms in total. The van der Waals surface area contributed by atoms with Crippen LogP contribution in [0.3, 0.4) is 0 Å². The van der Waals surface area contributed by atoms with E-state index >= 15 is 0 Å². The van der Waals surface area contributed by atoms with Crippen LogP contribution >= 0.6 is 24.0 Å². The third kappa shape index (κ3) is 5.92. The number of nitrogens with one attached hydrogen (secondary N) is 1. The van der Waals surface area contributed by atoms with Crippen molar-refractivity contribution in [2.75, 3.05) is 39.5 Å². The summed E-state index contributed by atoms with van der Waals surface area (Å²) in [6.07, 6.45) is 1.65. The second-order valence-electron chi connectivity index (χ2n) is 5.73. The van der Waals surface area contributed by atoms with E-state index in [0.717, 1.165) is 18.8 Å². The number of furan rings is 1. The molecule has 2 aromatic rings. The zero-order chi connectivity index (χ0) is 17.5. The predicted octanol–water partition coefficient (Wildman–Crippen LogP) is 2.92. The summed E-state index contributed by atoms with van der Waals surface area (Å²) in [5.74, 6) is 1.26. The van der Waals surface area contributed by atoms with Crippen molar-refractivity contribution < 1.29 is 18.7 Å². The number of halogens is 2. The van der Waals surface area contributed by atoms with Gasteiger partial charge in [0.15, 0.2) is 6.61 Å². The average molecular weight is 401 g/mol. The second kappa shape index (κ2) is 10.4. The normalized spacial score (nSPS) is 15.7.